The quantitative estimate of drug-likeness (QED) is 0.807. The molecule has 0 aliphatic rings. The zero-order valence-electron chi connectivity index (χ0n) is 10.9. The van der Waals surface area contributed by atoms with Crippen LogP contribution in [0.15, 0.2) is 27.5 Å². The van der Waals surface area contributed by atoms with Gasteiger partial charge in [-0.1, -0.05) is 32.4 Å². The molecule has 2 aromatic rings. The third kappa shape index (κ3) is 2.34. The van der Waals surface area contributed by atoms with Crippen LogP contribution in [0.2, 0.25) is 5.02 Å². The first-order valence-electron chi connectivity index (χ1n) is 5.71. The van der Waals surface area contributed by atoms with E-state index in [4.69, 9.17) is 16.0 Å². The molecule has 4 nitrogen and oxygen atoms in total. The van der Waals surface area contributed by atoms with Crippen LogP contribution in [-0.2, 0) is 5.41 Å². The van der Waals surface area contributed by atoms with Crippen LogP contribution in [0.25, 0.3) is 5.88 Å². The highest BCUT2D eigenvalue weighted by Gasteiger charge is 2.30. The van der Waals surface area contributed by atoms with E-state index in [1.807, 2.05) is 33.8 Å². The van der Waals surface area contributed by atoms with E-state index in [-0.39, 0.29) is 5.41 Å². The van der Waals surface area contributed by atoms with Gasteiger partial charge in [-0.05, 0) is 6.07 Å². The molecule has 2 rings (SSSR count). The van der Waals surface area contributed by atoms with Gasteiger partial charge >= 0.3 is 11.6 Å². The number of aromatic amines is 1. The van der Waals surface area contributed by atoms with Crippen molar-refractivity contribution in [2.75, 3.05) is 0 Å². The van der Waals surface area contributed by atoms with Gasteiger partial charge in [-0.3, -0.25) is 4.98 Å². The molecule has 0 aliphatic carbocycles. The standard InChI is InChI=1S/C13H15ClN2O2/c1-8-5-6-9(14)7-16(8)11-10(13(2,3)4)15-12(17)18-11/h5-7H,1-4H3/p+1. The molecule has 0 unspecified atom stereocenters. The second-order valence-corrected chi connectivity index (χ2v) is 5.74. The first kappa shape index (κ1) is 12.9. The van der Waals surface area contributed by atoms with E-state index < -0.39 is 5.76 Å². The van der Waals surface area contributed by atoms with Gasteiger partial charge in [0.15, 0.2) is 11.9 Å². The Balaban J connectivity index is 2.71. The Labute approximate surface area is 110 Å². The summed E-state index contributed by atoms with van der Waals surface area (Å²) in [5, 5.41) is 0.587. The molecule has 0 aromatic carbocycles. The van der Waals surface area contributed by atoms with Crippen molar-refractivity contribution in [2.24, 2.45) is 0 Å². The SMILES string of the molecule is Cc1ccc(Cl)c[n+]1-c1oc(=O)[nH]c1C(C)(C)C. The second kappa shape index (κ2) is 4.28. The molecule has 0 saturated carbocycles. The molecule has 0 radical (unpaired) electrons. The molecule has 0 aliphatic heterocycles. The number of hydrogen-bond acceptors (Lipinski definition) is 2. The number of pyridine rings is 1. The highest BCUT2D eigenvalue weighted by atomic mass is 35.5. The molecule has 0 fully saturated rings. The van der Waals surface area contributed by atoms with Gasteiger partial charge in [0.25, 0.3) is 0 Å². The molecule has 0 spiro atoms. The van der Waals surface area contributed by atoms with Gasteiger partial charge < -0.3 is 4.42 Å². The third-order valence-electron chi connectivity index (χ3n) is 2.72. The molecular weight excluding hydrogens is 252 g/mol. The van der Waals surface area contributed by atoms with Crippen molar-refractivity contribution in [3.63, 3.8) is 0 Å². The fourth-order valence-corrected chi connectivity index (χ4v) is 1.93. The molecule has 0 amide bonds. The Hall–Kier alpha value is -1.55. The summed E-state index contributed by atoms with van der Waals surface area (Å²) in [5.41, 5.74) is 1.47. The summed E-state index contributed by atoms with van der Waals surface area (Å²) in [7, 11) is 0. The molecule has 18 heavy (non-hydrogen) atoms. The summed E-state index contributed by atoms with van der Waals surface area (Å²) >= 11 is 5.99. The van der Waals surface area contributed by atoms with Crippen molar-refractivity contribution >= 4 is 11.6 Å². The highest BCUT2D eigenvalue weighted by molar-refractivity contribution is 6.30. The van der Waals surface area contributed by atoms with E-state index in [0.29, 0.717) is 10.9 Å². The van der Waals surface area contributed by atoms with E-state index in [9.17, 15) is 4.79 Å². The molecule has 0 atom stereocenters. The zero-order valence-corrected chi connectivity index (χ0v) is 11.6. The van der Waals surface area contributed by atoms with E-state index in [1.165, 1.54) is 0 Å². The fourth-order valence-electron chi connectivity index (χ4n) is 1.77. The Morgan fingerprint density at radius 2 is 2.00 bits per heavy atom. The normalized spacial score (nSPS) is 11.8. The lowest BCUT2D eigenvalue weighted by Crippen LogP contribution is -2.36. The third-order valence-corrected chi connectivity index (χ3v) is 2.94. The number of hydrogen-bond donors (Lipinski definition) is 1. The largest absolute Gasteiger partial charge is 0.421 e. The first-order chi connectivity index (χ1) is 8.29. The number of aromatic nitrogens is 2. The monoisotopic (exact) mass is 267 g/mol. The lowest BCUT2D eigenvalue weighted by Gasteiger charge is -2.14. The summed E-state index contributed by atoms with van der Waals surface area (Å²) < 4.78 is 7.03. The molecular formula is C13H16ClN2O2+. The number of nitrogens with zero attached hydrogens (tertiary/aromatic N) is 1. The van der Waals surface area contributed by atoms with E-state index in [0.717, 1.165) is 11.4 Å². The van der Waals surface area contributed by atoms with Gasteiger partial charge in [0.1, 0.15) is 10.7 Å². The van der Waals surface area contributed by atoms with Crippen LogP contribution in [-0.4, -0.2) is 4.98 Å². The van der Waals surface area contributed by atoms with Crippen molar-refractivity contribution in [2.45, 2.75) is 33.1 Å². The summed E-state index contributed by atoms with van der Waals surface area (Å²) in [6.45, 7) is 7.96. The number of halogens is 1. The van der Waals surface area contributed by atoms with Crippen molar-refractivity contribution in [1.82, 2.24) is 4.98 Å². The zero-order chi connectivity index (χ0) is 13.5. The molecule has 0 bridgehead atoms. The van der Waals surface area contributed by atoms with E-state index >= 15 is 0 Å². The second-order valence-electron chi connectivity index (χ2n) is 5.30. The number of nitrogens with one attached hydrogen (secondary N) is 1. The molecule has 0 saturated heterocycles. The maximum absolute atomic E-state index is 11.5. The number of oxazole rings is 1. The van der Waals surface area contributed by atoms with Gasteiger partial charge in [-0.25, -0.2) is 4.79 Å². The smallest absolute Gasteiger partial charge is 0.352 e. The average Bonchev–Trinajstić information content (AvgIpc) is 2.63. The summed E-state index contributed by atoms with van der Waals surface area (Å²) in [5.74, 6) is 0.0364. The Kier molecular flexibility index (Phi) is 3.07. The molecule has 1 N–H and O–H groups in total. The average molecular weight is 268 g/mol. The number of H-pyrrole nitrogens is 1. The lowest BCUT2D eigenvalue weighted by atomic mass is 9.92. The minimum Gasteiger partial charge on any atom is -0.352 e. The lowest BCUT2D eigenvalue weighted by molar-refractivity contribution is -0.616. The topological polar surface area (TPSA) is 49.9 Å². The molecule has 2 aromatic heterocycles. The summed E-state index contributed by atoms with van der Waals surface area (Å²) in [6.07, 6.45) is 1.73. The van der Waals surface area contributed by atoms with Crippen molar-refractivity contribution in [3.05, 3.63) is 45.3 Å². The van der Waals surface area contributed by atoms with Crippen LogP contribution in [0.1, 0.15) is 32.2 Å². The molecule has 5 heteroatoms. The van der Waals surface area contributed by atoms with Crippen LogP contribution in [0, 0.1) is 6.92 Å². The van der Waals surface area contributed by atoms with Crippen molar-refractivity contribution in [3.8, 4) is 5.88 Å². The molecule has 2 heterocycles. The van der Waals surface area contributed by atoms with Crippen LogP contribution in [0.3, 0.4) is 0 Å². The van der Waals surface area contributed by atoms with Gasteiger partial charge in [0, 0.05) is 18.4 Å². The molecule has 96 valence electrons. The van der Waals surface area contributed by atoms with Crippen LogP contribution in [0.5, 0.6) is 0 Å². The van der Waals surface area contributed by atoms with E-state index in [2.05, 4.69) is 4.98 Å². The fraction of sp³-hybridized carbons (Fsp3) is 0.385. The van der Waals surface area contributed by atoms with Gasteiger partial charge in [0.2, 0.25) is 0 Å². The van der Waals surface area contributed by atoms with Gasteiger partial charge in [0.05, 0.1) is 0 Å². The van der Waals surface area contributed by atoms with Crippen LogP contribution in [0.4, 0.5) is 0 Å². The van der Waals surface area contributed by atoms with E-state index in [1.54, 1.807) is 16.8 Å². The van der Waals surface area contributed by atoms with Gasteiger partial charge in [-0.15, -0.1) is 4.57 Å². The van der Waals surface area contributed by atoms with Crippen molar-refractivity contribution < 1.29 is 8.98 Å². The van der Waals surface area contributed by atoms with Crippen molar-refractivity contribution in [1.29, 1.82) is 0 Å². The maximum Gasteiger partial charge on any atom is 0.421 e. The van der Waals surface area contributed by atoms with Gasteiger partial charge in [-0.2, -0.15) is 0 Å². The highest BCUT2D eigenvalue weighted by Crippen LogP contribution is 2.23. The van der Waals surface area contributed by atoms with Crippen LogP contribution >= 0.6 is 11.6 Å². The summed E-state index contributed by atoms with van der Waals surface area (Å²) in [6, 6.07) is 3.68. The summed E-state index contributed by atoms with van der Waals surface area (Å²) in [4.78, 5) is 14.2. The number of aryl methyl sites for hydroxylation is 1. The van der Waals surface area contributed by atoms with Crippen LogP contribution < -0.4 is 10.3 Å². The first-order valence-corrected chi connectivity index (χ1v) is 6.08. The minimum absolute atomic E-state index is 0.219. The Morgan fingerprint density at radius 3 is 2.61 bits per heavy atom. The minimum atomic E-state index is -0.457. The maximum atomic E-state index is 11.5. The predicted octanol–water partition coefficient (Wildman–Crippen LogP) is 2.50. The Morgan fingerprint density at radius 1 is 1.33 bits per heavy atom. The predicted molar refractivity (Wildman–Crippen MR) is 69.3 cm³/mol. The number of rotatable bonds is 1. The Bertz CT molecular complexity index is 635.